The summed E-state index contributed by atoms with van der Waals surface area (Å²) in [5.41, 5.74) is 0. The lowest BCUT2D eigenvalue weighted by molar-refractivity contribution is -0.136. The second-order valence-electron chi connectivity index (χ2n) is 2.39. The lowest BCUT2D eigenvalue weighted by Gasteiger charge is -2.26. The van der Waals surface area contributed by atoms with Gasteiger partial charge in [0.1, 0.15) is 6.17 Å². The van der Waals surface area contributed by atoms with Crippen LogP contribution in [0.5, 0.6) is 0 Å². The van der Waals surface area contributed by atoms with E-state index in [1.165, 1.54) is 0 Å². The minimum absolute atomic E-state index is 0.380. The Kier molecular flexibility index (Phi) is 2.17. The largest absolute Gasteiger partial charge is 0.357 e. The van der Waals surface area contributed by atoms with Crippen LogP contribution in [0.1, 0.15) is 13.3 Å². The third kappa shape index (κ3) is 1.09. The third-order valence-corrected chi connectivity index (χ3v) is 1.79. The molecule has 1 atom stereocenters. The molecule has 0 radical (unpaired) electrons. The zero-order valence-corrected chi connectivity index (χ0v) is 6.74. The van der Waals surface area contributed by atoms with Crippen LogP contribution in [0.15, 0.2) is 12.4 Å². The molecule has 1 rings (SSSR count). The van der Waals surface area contributed by atoms with Crippen LogP contribution >= 0.6 is 0 Å². The summed E-state index contributed by atoms with van der Waals surface area (Å²) in [4.78, 5) is 7.22. The highest BCUT2D eigenvalue weighted by atomic mass is 16.7. The third-order valence-electron chi connectivity index (χ3n) is 1.79. The van der Waals surface area contributed by atoms with Crippen LogP contribution in [0, 0.1) is 0 Å². The van der Waals surface area contributed by atoms with Gasteiger partial charge in [-0.1, -0.05) is 6.92 Å². The van der Waals surface area contributed by atoms with Crippen molar-refractivity contribution in [1.82, 2.24) is 9.96 Å². The summed E-state index contributed by atoms with van der Waals surface area (Å²) in [6, 6.07) is 0. The topological polar surface area (TPSA) is 15.7 Å². The van der Waals surface area contributed by atoms with Crippen LogP contribution < -0.4 is 0 Å². The average Bonchev–Trinajstić information content (AvgIpc) is 2.30. The summed E-state index contributed by atoms with van der Waals surface area (Å²) in [5.74, 6) is 0. The van der Waals surface area contributed by atoms with E-state index in [-0.39, 0.29) is 0 Å². The van der Waals surface area contributed by atoms with Crippen LogP contribution in [0.2, 0.25) is 0 Å². The monoisotopic (exact) mass is 142 g/mol. The minimum Gasteiger partial charge on any atom is -0.357 e. The van der Waals surface area contributed by atoms with E-state index in [1.807, 2.05) is 24.5 Å². The lowest BCUT2D eigenvalue weighted by Crippen LogP contribution is -2.34. The van der Waals surface area contributed by atoms with Gasteiger partial charge in [0.2, 0.25) is 0 Å². The molecule has 1 aliphatic rings. The van der Waals surface area contributed by atoms with Gasteiger partial charge in [0.15, 0.2) is 0 Å². The van der Waals surface area contributed by atoms with E-state index in [4.69, 9.17) is 4.84 Å². The molecular weight excluding hydrogens is 128 g/mol. The Morgan fingerprint density at radius 3 is 2.60 bits per heavy atom. The molecule has 0 amide bonds. The van der Waals surface area contributed by atoms with E-state index in [0.717, 1.165) is 6.42 Å². The van der Waals surface area contributed by atoms with Crippen molar-refractivity contribution in [2.75, 3.05) is 14.2 Å². The fourth-order valence-electron chi connectivity index (χ4n) is 1.20. The molecule has 10 heavy (non-hydrogen) atoms. The smallest absolute Gasteiger partial charge is 0.126 e. The Bertz CT molecular complexity index is 136. The summed E-state index contributed by atoms with van der Waals surface area (Å²) in [7, 11) is 3.73. The molecule has 58 valence electrons. The van der Waals surface area contributed by atoms with E-state index in [0.29, 0.717) is 6.17 Å². The fourth-order valence-corrected chi connectivity index (χ4v) is 1.20. The van der Waals surface area contributed by atoms with Crippen molar-refractivity contribution < 1.29 is 4.84 Å². The molecule has 0 spiro atoms. The molecule has 0 saturated heterocycles. The van der Waals surface area contributed by atoms with E-state index in [9.17, 15) is 0 Å². The number of rotatable bonds is 2. The van der Waals surface area contributed by atoms with Crippen LogP contribution in [-0.2, 0) is 4.84 Å². The predicted molar refractivity (Wildman–Crippen MR) is 39.8 cm³/mol. The Hall–Kier alpha value is -0.700. The molecular formula is C7H14N2O. The van der Waals surface area contributed by atoms with Crippen molar-refractivity contribution in [3.63, 3.8) is 0 Å². The summed E-state index contributed by atoms with van der Waals surface area (Å²) >= 11 is 0. The summed E-state index contributed by atoms with van der Waals surface area (Å²) < 4.78 is 0. The van der Waals surface area contributed by atoms with Gasteiger partial charge in [0.25, 0.3) is 0 Å². The summed E-state index contributed by atoms with van der Waals surface area (Å²) in [6.45, 7) is 2.14. The normalized spacial score (nSPS) is 24.5. The molecule has 0 saturated carbocycles. The highest BCUT2D eigenvalue weighted by Gasteiger charge is 2.20. The zero-order valence-electron chi connectivity index (χ0n) is 6.74. The number of hydroxylamine groups is 2. The molecule has 0 N–H and O–H groups in total. The molecule has 1 unspecified atom stereocenters. The fraction of sp³-hybridized carbons (Fsp3) is 0.714. The van der Waals surface area contributed by atoms with Gasteiger partial charge in [-0.2, -0.15) is 0 Å². The Morgan fingerprint density at radius 1 is 1.50 bits per heavy atom. The predicted octanol–water partition coefficient (Wildman–Crippen LogP) is 1.00. The highest BCUT2D eigenvalue weighted by Crippen LogP contribution is 2.15. The molecule has 0 aromatic heterocycles. The van der Waals surface area contributed by atoms with E-state index < -0.39 is 0 Å². The number of hydrogen-bond acceptors (Lipinski definition) is 3. The highest BCUT2D eigenvalue weighted by molar-refractivity contribution is 4.90. The summed E-state index contributed by atoms with van der Waals surface area (Å²) in [5, 5.41) is 1.85. The van der Waals surface area contributed by atoms with Crippen molar-refractivity contribution in [2.24, 2.45) is 0 Å². The maximum Gasteiger partial charge on any atom is 0.126 e. The quantitative estimate of drug-likeness (QED) is 0.572. The number of nitrogens with zero attached hydrogens (tertiary/aromatic N) is 2. The summed E-state index contributed by atoms with van der Waals surface area (Å²) in [6.07, 6.45) is 5.40. The van der Waals surface area contributed by atoms with Gasteiger partial charge < -0.3 is 4.90 Å². The lowest BCUT2D eigenvalue weighted by atomic mass is 10.4. The van der Waals surface area contributed by atoms with E-state index >= 15 is 0 Å². The standard InChI is InChI=1S/C7H14N2O/c1-4-7-8(2)5-6-9(7)10-3/h5-7H,4H2,1-3H3. The molecule has 0 fully saturated rings. The zero-order chi connectivity index (χ0) is 7.56. The average molecular weight is 142 g/mol. The van der Waals surface area contributed by atoms with Crippen molar-refractivity contribution in [1.29, 1.82) is 0 Å². The van der Waals surface area contributed by atoms with Crippen molar-refractivity contribution >= 4 is 0 Å². The Labute approximate surface area is 61.8 Å². The van der Waals surface area contributed by atoms with Crippen molar-refractivity contribution in [3.05, 3.63) is 12.4 Å². The Balaban J connectivity index is 2.53. The SMILES string of the molecule is CCC1N(C)C=CN1OC. The van der Waals surface area contributed by atoms with Crippen LogP contribution in [0.25, 0.3) is 0 Å². The Morgan fingerprint density at radius 2 is 2.20 bits per heavy atom. The van der Waals surface area contributed by atoms with Crippen LogP contribution in [-0.4, -0.2) is 30.3 Å². The molecule has 0 aromatic rings. The van der Waals surface area contributed by atoms with E-state index in [2.05, 4.69) is 11.8 Å². The molecule has 0 aliphatic carbocycles. The second-order valence-corrected chi connectivity index (χ2v) is 2.39. The number of hydrogen-bond donors (Lipinski definition) is 0. The first-order chi connectivity index (χ1) is 4.79. The van der Waals surface area contributed by atoms with Gasteiger partial charge in [0.05, 0.1) is 7.11 Å². The van der Waals surface area contributed by atoms with Gasteiger partial charge in [-0.15, -0.1) is 0 Å². The van der Waals surface area contributed by atoms with Gasteiger partial charge in [0, 0.05) is 19.4 Å². The van der Waals surface area contributed by atoms with Crippen molar-refractivity contribution in [2.45, 2.75) is 19.5 Å². The molecule has 0 bridgehead atoms. The van der Waals surface area contributed by atoms with Gasteiger partial charge in [-0.25, -0.2) is 5.06 Å². The first kappa shape index (κ1) is 7.41. The van der Waals surface area contributed by atoms with Gasteiger partial charge in [-0.05, 0) is 6.42 Å². The second kappa shape index (κ2) is 2.92. The first-order valence-corrected chi connectivity index (χ1v) is 3.52. The maximum atomic E-state index is 5.09. The van der Waals surface area contributed by atoms with E-state index in [1.54, 1.807) is 7.11 Å². The van der Waals surface area contributed by atoms with Gasteiger partial charge >= 0.3 is 0 Å². The molecule has 0 aromatic carbocycles. The van der Waals surface area contributed by atoms with Gasteiger partial charge in [-0.3, -0.25) is 4.84 Å². The molecule has 1 aliphatic heterocycles. The maximum absolute atomic E-state index is 5.09. The van der Waals surface area contributed by atoms with Crippen molar-refractivity contribution in [3.8, 4) is 0 Å². The first-order valence-electron chi connectivity index (χ1n) is 3.52. The molecule has 1 heterocycles. The van der Waals surface area contributed by atoms with Crippen LogP contribution in [0.3, 0.4) is 0 Å². The van der Waals surface area contributed by atoms with Crippen LogP contribution in [0.4, 0.5) is 0 Å². The minimum atomic E-state index is 0.380. The molecule has 3 nitrogen and oxygen atoms in total. The molecule has 3 heteroatoms.